The lowest BCUT2D eigenvalue weighted by Gasteiger charge is -2.11. The molecule has 150 valence electrons. The number of rotatable bonds is 5. The number of benzene rings is 1. The second-order valence-electron chi connectivity index (χ2n) is 5.78. The second-order valence-corrected chi connectivity index (χ2v) is 6.72. The first-order valence-electron chi connectivity index (χ1n) is 8.16. The Morgan fingerprint density at radius 3 is 2.69 bits per heavy atom. The first-order valence-corrected chi connectivity index (χ1v) is 9.15. The van der Waals surface area contributed by atoms with E-state index in [1.807, 2.05) is 6.92 Å². The van der Waals surface area contributed by atoms with Crippen LogP contribution in [-0.2, 0) is 11.9 Å². The molecule has 29 heavy (non-hydrogen) atoms. The van der Waals surface area contributed by atoms with Gasteiger partial charge in [-0.3, -0.25) is 4.79 Å². The molecule has 2 heterocycles. The summed E-state index contributed by atoms with van der Waals surface area (Å²) < 4.78 is 49.2. The van der Waals surface area contributed by atoms with Crippen molar-refractivity contribution >= 4 is 17.7 Å². The molecule has 0 bridgehead atoms. The number of thioether (sulfide) groups is 1. The summed E-state index contributed by atoms with van der Waals surface area (Å²) in [6, 6.07) is 6.98. The summed E-state index contributed by atoms with van der Waals surface area (Å²) in [5.41, 5.74) is -1.77. The van der Waals surface area contributed by atoms with Gasteiger partial charge in [-0.1, -0.05) is 23.9 Å². The molecule has 0 aliphatic carbocycles. The summed E-state index contributed by atoms with van der Waals surface area (Å²) in [7, 11) is 0. The van der Waals surface area contributed by atoms with Crippen LogP contribution >= 0.6 is 11.8 Å². The van der Waals surface area contributed by atoms with E-state index in [4.69, 9.17) is 9.15 Å². The van der Waals surface area contributed by atoms with Gasteiger partial charge in [0.2, 0.25) is 11.2 Å². The average molecular weight is 422 g/mol. The molecule has 2 aromatic heterocycles. The number of esters is 1. The van der Waals surface area contributed by atoms with E-state index in [1.54, 1.807) is 12.3 Å². The van der Waals surface area contributed by atoms with E-state index >= 15 is 0 Å². The van der Waals surface area contributed by atoms with Crippen LogP contribution in [0.5, 0.6) is 5.75 Å². The summed E-state index contributed by atoms with van der Waals surface area (Å²) in [4.78, 5) is 32.6. The SMILES string of the molecule is Cc1ccnc(SCc2cc(=O)c(OC(=O)c3ccccc3C(F)(F)F)co2)n1. The lowest BCUT2D eigenvalue weighted by Crippen LogP contribution is -2.19. The second kappa shape index (κ2) is 8.48. The highest BCUT2D eigenvalue weighted by Gasteiger charge is 2.35. The van der Waals surface area contributed by atoms with Crippen molar-refractivity contribution in [3.63, 3.8) is 0 Å². The first kappa shape index (κ1) is 20.6. The van der Waals surface area contributed by atoms with E-state index in [-0.39, 0.29) is 11.5 Å². The standard InChI is InChI=1S/C19H13F3N2O4S/c1-11-6-7-23-18(24-11)29-10-12-8-15(25)16(9-27-12)28-17(26)13-4-2-3-5-14(13)19(20,21)22/h2-9H,10H2,1H3. The van der Waals surface area contributed by atoms with Crippen molar-refractivity contribution in [2.75, 3.05) is 0 Å². The third-order valence-corrected chi connectivity index (χ3v) is 4.51. The van der Waals surface area contributed by atoms with Crippen LogP contribution in [0.15, 0.2) is 63.2 Å². The van der Waals surface area contributed by atoms with E-state index in [2.05, 4.69) is 9.97 Å². The van der Waals surface area contributed by atoms with Crippen LogP contribution in [-0.4, -0.2) is 15.9 Å². The van der Waals surface area contributed by atoms with Gasteiger partial charge in [0, 0.05) is 18.0 Å². The highest BCUT2D eigenvalue weighted by Crippen LogP contribution is 2.32. The van der Waals surface area contributed by atoms with Gasteiger partial charge >= 0.3 is 12.1 Å². The van der Waals surface area contributed by atoms with Crippen molar-refractivity contribution < 1.29 is 27.1 Å². The molecule has 1 aromatic carbocycles. The van der Waals surface area contributed by atoms with Crippen LogP contribution in [0.3, 0.4) is 0 Å². The number of carbonyl (C=O) groups is 1. The third-order valence-electron chi connectivity index (χ3n) is 3.62. The van der Waals surface area contributed by atoms with E-state index in [1.165, 1.54) is 17.8 Å². The van der Waals surface area contributed by atoms with Crippen LogP contribution in [0.25, 0.3) is 0 Å². The molecule has 6 nitrogen and oxygen atoms in total. The number of carbonyl (C=O) groups excluding carboxylic acids is 1. The monoisotopic (exact) mass is 422 g/mol. The smallest absolute Gasteiger partial charge is 0.417 e. The number of hydrogen-bond donors (Lipinski definition) is 0. The predicted octanol–water partition coefficient (Wildman–Crippen LogP) is 4.27. The molecule has 0 atom stereocenters. The van der Waals surface area contributed by atoms with Crippen molar-refractivity contribution in [3.8, 4) is 5.75 Å². The van der Waals surface area contributed by atoms with E-state index in [0.29, 0.717) is 5.16 Å². The zero-order valence-electron chi connectivity index (χ0n) is 14.9. The van der Waals surface area contributed by atoms with Crippen LogP contribution < -0.4 is 10.2 Å². The van der Waals surface area contributed by atoms with Gasteiger partial charge in [-0.25, -0.2) is 14.8 Å². The zero-order valence-corrected chi connectivity index (χ0v) is 15.7. The topological polar surface area (TPSA) is 82.3 Å². The van der Waals surface area contributed by atoms with Gasteiger partial charge in [-0.15, -0.1) is 0 Å². The normalized spacial score (nSPS) is 11.3. The average Bonchev–Trinajstić information content (AvgIpc) is 2.67. The zero-order chi connectivity index (χ0) is 21.0. The third kappa shape index (κ3) is 5.23. The van der Waals surface area contributed by atoms with Crippen LogP contribution in [0, 0.1) is 6.92 Å². The lowest BCUT2D eigenvalue weighted by atomic mass is 10.1. The predicted molar refractivity (Wildman–Crippen MR) is 97.7 cm³/mol. The van der Waals surface area contributed by atoms with Crippen molar-refractivity contribution in [2.45, 2.75) is 24.0 Å². The van der Waals surface area contributed by atoms with Crippen molar-refractivity contribution in [3.05, 3.63) is 81.7 Å². The molecular weight excluding hydrogens is 409 g/mol. The molecule has 0 amide bonds. The number of halogens is 3. The van der Waals surface area contributed by atoms with Crippen LogP contribution in [0.1, 0.15) is 27.4 Å². The molecule has 3 aromatic rings. The molecule has 10 heteroatoms. The number of aryl methyl sites for hydroxylation is 1. The summed E-state index contributed by atoms with van der Waals surface area (Å²) in [6.07, 6.45) is -2.25. The molecule has 0 N–H and O–H groups in total. The molecule has 0 aliphatic rings. The van der Waals surface area contributed by atoms with Crippen LogP contribution in [0.4, 0.5) is 13.2 Å². The number of hydrogen-bond acceptors (Lipinski definition) is 7. The Balaban J connectivity index is 1.73. The minimum Gasteiger partial charge on any atom is -0.464 e. The van der Waals surface area contributed by atoms with Crippen molar-refractivity contribution in [1.29, 1.82) is 0 Å². The molecule has 0 spiro atoms. The highest BCUT2D eigenvalue weighted by molar-refractivity contribution is 7.98. The number of ether oxygens (including phenoxy) is 1. The fourth-order valence-corrected chi connectivity index (χ4v) is 3.05. The van der Waals surface area contributed by atoms with Gasteiger partial charge in [0.1, 0.15) is 12.0 Å². The molecule has 0 saturated heterocycles. The summed E-state index contributed by atoms with van der Waals surface area (Å²) >= 11 is 1.23. The maximum absolute atomic E-state index is 13.0. The van der Waals surface area contributed by atoms with Gasteiger partial charge in [0.15, 0.2) is 5.16 Å². The van der Waals surface area contributed by atoms with Gasteiger partial charge < -0.3 is 9.15 Å². The van der Waals surface area contributed by atoms with Gasteiger partial charge in [0.05, 0.1) is 16.9 Å². The van der Waals surface area contributed by atoms with Crippen LogP contribution in [0.2, 0.25) is 0 Å². The quantitative estimate of drug-likeness (QED) is 0.345. The van der Waals surface area contributed by atoms with E-state index in [9.17, 15) is 22.8 Å². The lowest BCUT2D eigenvalue weighted by molar-refractivity contribution is -0.138. The molecule has 3 rings (SSSR count). The summed E-state index contributed by atoms with van der Waals surface area (Å²) in [6.45, 7) is 1.81. The Hall–Kier alpha value is -3.14. The maximum Gasteiger partial charge on any atom is 0.417 e. The maximum atomic E-state index is 13.0. The van der Waals surface area contributed by atoms with E-state index in [0.717, 1.165) is 36.2 Å². The Bertz CT molecular complexity index is 1100. The van der Waals surface area contributed by atoms with Gasteiger partial charge in [0.25, 0.3) is 0 Å². The summed E-state index contributed by atoms with van der Waals surface area (Å²) in [5, 5.41) is 0.493. The molecule has 0 fully saturated rings. The fourth-order valence-electron chi connectivity index (χ4n) is 2.28. The molecule has 0 unspecified atom stereocenters. The van der Waals surface area contributed by atoms with Gasteiger partial charge in [-0.05, 0) is 25.1 Å². The van der Waals surface area contributed by atoms with Crippen molar-refractivity contribution in [2.24, 2.45) is 0 Å². The Kier molecular flexibility index (Phi) is 6.02. The molecule has 0 aliphatic heterocycles. The molecular formula is C19H13F3N2O4S. The highest BCUT2D eigenvalue weighted by atomic mass is 32.2. The Labute approximate surface area is 166 Å². The molecule has 0 saturated carbocycles. The number of aromatic nitrogens is 2. The van der Waals surface area contributed by atoms with Gasteiger partial charge in [-0.2, -0.15) is 13.2 Å². The summed E-state index contributed by atoms with van der Waals surface area (Å²) in [5.74, 6) is -1.31. The Morgan fingerprint density at radius 2 is 2.00 bits per heavy atom. The first-order chi connectivity index (χ1) is 13.7. The van der Waals surface area contributed by atoms with Crippen molar-refractivity contribution in [1.82, 2.24) is 9.97 Å². The number of alkyl halides is 3. The largest absolute Gasteiger partial charge is 0.464 e. The minimum absolute atomic E-state index is 0.240. The molecule has 0 radical (unpaired) electrons. The Morgan fingerprint density at radius 1 is 1.24 bits per heavy atom. The number of nitrogens with zero attached hydrogens (tertiary/aromatic N) is 2. The fraction of sp³-hybridized carbons (Fsp3) is 0.158. The minimum atomic E-state index is -4.74. The van der Waals surface area contributed by atoms with E-state index < -0.39 is 34.5 Å².